The Hall–Kier alpha value is -6.86. The van der Waals surface area contributed by atoms with Crippen LogP contribution in [0.1, 0.15) is 16.8 Å². The highest BCUT2D eigenvalue weighted by molar-refractivity contribution is 6.25. The van der Waals surface area contributed by atoms with E-state index in [4.69, 9.17) is 0 Å². The third kappa shape index (κ3) is 3.12. The molecule has 2 N–H and O–H groups in total. The Morgan fingerprint density at radius 2 is 1.15 bits per heavy atom. The van der Waals surface area contributed by atoms with Crippen molar-refractivity contribution in [3.63, 3.8) is 0 Å². The van der Waals surface area contributed by atoms with Crippen molar-refractivity contribution < 1.29 is 0 Å². The third-order valence-electron chi connectivity index (χ3n) is 10.2. The van der Waals surface area contributed by atoms with E-state index < -0.39 is 0 Å². The van der Waals surface area contributed by atoms with Gasteiger partial charge in [0, 0.05) is 49.3 Å². The van der Waals surface area contributed by atoms with Gasteiger partial charge in [-0.15, -0.1) is 0 Å². The van der Waals surface area contributed by atoms with Crippen LogP contribution in [-0.2, 0) is 0 Å². The van der Waals surface area contributed by atoms with Crippen molar-refractivity contribution in [3.05, 3.63) is 144 Å². The molecule has 10 aromatic rings. The van der Waals surface area contributed by atoms with Crippen LogP contribution in [0.4, 0.5) is 0 Å². The van der Waals surface area contributed by atoms with Crippen LogP contribution >= 0.6 is 0 Å². The van der Waals surface area contributed by atoms with Gasteiger partial charge in [0.1, 0.15) is 29.3 Å². The van der Waals surface area contributed by atoms with E-state index in [9.17, 15) is 5.26 Å². The van der Waals surface area contributed by atoms with Crippen molar-refractivity contribution in [3.8, 4) is 17.4 Å². The molecule has 4 aromatic heterocycles. The minimum absolute atomic E-state index is 0.617. The van der Waals surface area contributed by atoms with Gasteiger partial charge in [0.05, 0.1) is 50.6 Å². The van der Waals surface area contributed by atoms with Gasteiger partial charge in [0.15, 0.2) is 5.69 Å². The quantitative estimate of drug-likeness (QED) is 0.188. The molecule has 5 nitrogen and oxygen atoms in total. The highest BCUT2D eigenvalue weighted by atomic mass is 15.0. The third-order valence-corrected chi connectivity index (χ3v) is 10.2. The number of hydrogen-bond acceptors (Lipinski definition) is 1. The Bertz CT molecular complexity index is 3130. The SMILES string of the molecule is N#Cc1c(-n2c3ccccc3c3c4[nH]c5c(c4ccc32)C=C[C+]=C5)cccc1-n1c2ccccc2c2c3[nH]c4ccccc4c3ccc21. The van der Waals surface area contributed by atoms with Crippen LogP contribution in [0.15, 0.2) is 121 Å². The molecule has 6 aromatic carbocycles. The molecular formula is C43H24N5+. The molecule has 1 aliphatic rings. The summed E-state index contributed by atoms with van der Waals surface area (Å²) >= 11 is 0. The molecule has 0 unspecified atom stereocenters. The van der Waals surface area contributed by atoms with E-state index in [1.165, 1.54) is 21.7 Å². The highest BCUT2D eigenvalue weighted by Crippen LogP contribution is 2.42. The molecule has 220 valence electrons. The number of rotatable bonds is 2. The van der Waals surface area contributed by atoms with Gasteiger partial charge in [-0.05, 0) is 48.5 Å². The average molecular weight is 611 g/mol. The second-order valence-electron chi connectivity index (χ2n) is 12.5. The summed E-state index contributed by atoms with van der Waals surface area (Å²) in [6, 6.07) is 43.1. The predicted octanol–water partition coefficient (Wildman–Crippen LogP) is 10.7. The molecule has 0 saturated carbocycles. The highest BCUT2D eigenvalue weighted by Gasteiger charge is 2.25. The maximum Gasteiger partial charge on any atom is 0.159 e. The van der Waals surface area contributed by atoms with Crippen molar-refractivity contribution in [2.45, 2.75) is 0 Å². The molecule has 11 rings (SSSR count). The second-order valence-corrected chi connectivity index (χ2v) is 12.5. The number of aromatic amines is 2. The summed E-state index contributed by atoms with van der Waals surface area (Å²) in [6.07, 6.45) is 9.30. The molecular weight excluding hydrogens is 587 g/mol. The first kappa shape index (κ1) is 25.3. The predicted molar refractivity (Wildman–Crippen MR) is 198 cm³/mol. The van der Waals surface area contributed by atoms with Crippen molar-refractivity contribution in [1.82, 2.24) is 19.1 Å². The van der Waals surface area contributed by atoms with Gasteiger partial charge in [-0.2, -0.15) is 5.26 Å². The minimum Gasteiger partial charge on any atom is -0.354 e. The Morgan fingerprint density at radius 3 is 1.83 bits per heavy atom. The molecule has 0 amide bonds. The maximum absolute atomic E-state index is 11.0. The van der Waals surface area contributed by atoms with E-state index in [2.05, 4.69) is 153 Å². The molecule has 0 spiro atoms. The lowest BCUT2D eigenvalue weighted by atomic mass is 10.0. The number of allylic oxidation sites excluding steroid dienone is 2. The lowest BCUT2D eigenvalue weighted by Crippen LogP contribution is -2.04. The van der Waals surface area contributed by atoms with Crippen LogP contribution in [0.2, 0.25) is 0 Å². The van der Waals surface area contributed by atoms with Gasteiger partial charge in [-0.1, -0.05) is 66.7 Å². The Balaban J connectivity index is 1.24. The zero-order chi connectivity index (χ0) is 31.5. The van der Waals surface area contributed by atoms with Crippen LogP contribution in [0.3, 0.4) is 0 Å². The smallest absolute Gasteiger partial charge is 0.159 e. The van der Waals surface area contributed by atoms with Gasteiger partial charge in [-0.25, -0.2) is 0 Å². The lowest BCUT2D eigenvalue weighted by molar-refractivity contribution is 1.12. The molecule has 4 heterocycles. The van der Waals surface area contributed by atoms with E-state index in [1.54, 1.807) is 0 Å². The zero-order valence-electron chi connectivity index (χ0n) is 25.5. The Labute approximate surface area is 273 Å². The average Bonchev–Trinajstić information content (AvgIpc) is 3.88. The fraction of sp³-hybridized carbons (Fsp3) is 0. The van der Waals surface area contributed by atoms with E-state index in [1.807, 2.05) is 12.2 Å². The van der Waals surface area contributed by atoms with E-state index in [0.717, 1.165) is 77.2 Å². The fourth-order valence-corrected chi connectivity index (χ4v) is 8.23. The van der Waals surface area contributed by atoms with Crippen molar-refractivity contribution in [1.29, 1.82) is 5.26 Å². The maximum atomic E-state index is 11.0. The van der Waals surface area contributed by atoms with Gasteiger partial charge in [-0.3, -0.25) is 4.98 Å². The van der Waals surface area contributed by atoms with Crippen LogP contribution in [0, 0.1) is 17.4 Å². The van der Waals surface area contributed by atoms with Crippen LogP contribution in [0.5, 0.6) is 0 Å². The number of aromatic nitrogens is 4. The Morgan fingerprint density at radius 1 is 0.542 bits per heavy atom. The van der Waals surface area contributed by atoms with E-state index >= 15 is 0 Å². The standard InChI is InChI=1S/C43H24N5/c44-24-31-36(47-34-16-7-3-12-29(34)40-38(47)22-20-27-25-10-1-5-14-32(25)45-42(27)40)18-9-19-37(31)48-35-17-8-4-13-30(35)41-39(48)23-21-28-26-11-2-6-15-33(26)46-43(28)41/h1-5,7-23,45-46H/q+1. The molecule has 0 aliphatic heterocycles. The molecule has 5 heteroatoms. The lowest BCUT2D eigenvalue weighted by Gasteiger charge is -2.15. The molecule has 0 bridgehead atoms. The van der Waals surface area contributed by atoms with Gasteiger partial charge in [0.2, 0.25) is 0 Å². The van der Waals surface area contributed by atoms with Gasteiger partial charge < -0.3 is 14.1 Å². The monoisotopic (exact) mass is 610 g/mol. The summed E-state index contributed by atoms with van der Waals surface area (Å²) in [7, 11) is 0. The first-order chi connectivity index (χ1) is 23.8. The Kier molecular flexibility index (Phi) is 4.81. The van der Waals surface area contributed by atoms with Gasteiger partial charge >= 0.3 is 0 Å². The van der Waals surface area contributed by atoms with E-state index in [-0.39, 0.29) is 0 Å². The number of H-pyrrole nitrogens is 2. The summed E-state index contributed by atoms with van der Waals surface area (Å²) in [4.78, 5) is 7.41. The number of benzene rings is 6. The van der Waals surface area contributed by atoms with Crippen molar-refractivity contribution in [2.24, 2.45) is 0 Å². The molecule has 0 fully saturated rings. The summed E-state index contributed by atoms with van der Waals surface area (Å²) in [6.45, 7) is 0. The molecule has 0 saturated heterocycles. The van der Waals surface area contributed by atoms with Crippen LogP contribution in [0.25, 0.3) is 99.8 Å². The number of fused-ring (bicyclic) bond motifs is 14. The van der Waals surface area contributed by atoms with Crippen molar-refractivity contribution >= 4 is 88.5 Å². The second kappa shape index (κ2) is 9.11. The number of nitrogens with one attached hydrogen (secondary N) is 2. The largest absolute Gasteiger partial charge is 0.354 e. The molecule has 1 aliphatic carbocycles. The fourth-order valence-electron chi connectivity index (χ4n) is 8.23. The number of nitriles is 1. The first-order valence-corrected chi connectivity index (χ1v) is 16.1. The van der Waals surface area contributed by atoms with Gasteiger partial charge in [0.25, 0.3) is 0 Å². The van der Waals surface area contributed by atoms with E-state index in [0.29, 0.717) is 5.56 Å². The summed E-state index contributed by atoms with van der Waals surface area (Å²) < 4.78 is 4.52. The first-order valence-electron chi connectivity index (χ1n) is 16.1. The summed E-state index contributed by atoms with van der Waals surface area (Å²) in [5.41, 5.74) is 12.1. The van der Waals surface area contributed by atoms with Crippen molar-refractivity contribution in [2.75, 3.05) is 0 Å². The summed E-state index contributed by atoms with van der Waals surface area (Å²) in [5, 5.41) is 19.2. The zero-order valence-corrected chi connectivity index (χ0v) is 25.5. The number of para-hydroxylation sites is 3. The number of nitrogens with zero attached hydrogens (tertiary/aromatic N) is 3. The molecule has 48 heavy (non-hydrogen) atoms. The number of hydrogen-bond donors (Lipinski definition) is 2. The summed E-state index contributed by atoms with van der Waals surface area (Å²) in [5.74, 6) is 0. The van der Waals surface area contributed by atoms with Crippen LogP contribution in [-0.4, -0.2) is 19.1 Å². The molecule has 0 atom stereocenters. The normalized spacial score (nSPS) is 12.6. The minimum atomic E-state index is 0.617. The topological polar surface area (TPSA) is 65.2 Å². The molecule has 0 radical (unpaired) electrons. The van der Waals surface area contributed by atoms with Crippen LogP contribution < -0.4 is 0 Å².